The van der Waals surface area contributed by atoms with Crippen LogP contribution in [0.5, 0.6) is 0 Å². The van der Waals surface area contributed by atoms with E-state index in [0.717, 1.165) is 29.6 Å². The van der Waals surface area contributed by atoms with Gasteiger partial charge in [-0.25, -0.2) is 4.99 Å². The Balaban J connectivity index is 1.97. The molecule has 0 aromatic heterocycles. The van der Waals surface area contributed by atoms with Crippen LogP contribution >= 0.6 is 12.2 Å². The van der Waals surface area contributed by atoms with E-state index in [0.29, 0.717) is 5.41 Å². The lowest BCUT2D eigenvalue weighted by Gasteiger charge is -2.35. The average molecular weight is 263 g/mol. The summed E-state index contributed by atoms with van der Waals surface area (Å²) in [5.74, 6) is 4.39. The fraction of sp³-hybridized carbons (Fsp3) is 0.938. The van der Waals surface area contributed by atoms with E-state index in [1.165, 1.54) is 25.7 Å². The van der Waals surface area contributed by atoms with Crippen molar-refractivity contribution >= 4 is 17.4 Å². The molecular formula is C16H25NS. The molecule has 1 nitrogen and oxygen atoms in total. The summed E-state index contributed by atoms with van der Waals surface area (Å²) in [5.41, 5.74) is 0.672. The molecule has 0 amide bonds. The minimum Gasteiger partial charge on any atom is -0.226 e. The summed E-state index contributed by atoms with van der Waals surface area (Å²) in [6, 6.07) is 0. The first-order valence-electron chi connectivity index (χ1n) is 7.51. The third-order valence-corrected chi connectivity index (χ3v) is 6.76. The molecule has 0 bridgehead atoms. The summed E-state index contributed by atoms with van der Waals surface area (Å²) < 4.78 is 0. The molecule has 18 heavy (non-hydrogen) atoms. The zero-order valence-corrected chi connectivity index (χ0v) is 12.9. The maximum absolute atomic E-state index is 4.91. The van der Waals surface area contributed by atoms with Gasteiger partial charge in [-0.3, -0.25) is 0 Å². The molecule has 0 aliphatic heterocycles. The number of fused-ring (bicyclic) bond motifs is 3. The minimum absolute atomic E-state index is 0.0840. The minimum atomic E-state index is 0.0840. The quantitative estimate of drug-likeness (QED) is 0.498. The van der Waals surface area contributed by atoms with Crippen molar-refractivity contribution in [2.24, 2.45) is 40.0 Å². The predicted molar refractivity (Wildman–Crippen MR) is 78.8 cm³/mol. The number of hydrogen-bond acceptors (Lipinski definition) is 2. The Morgan fingerprint density at radius 3 is 2.50 bits per heavy atom. The van der Waals surface area contributed by atoms with Crippen LogP contribution in [0.4, 0.5) is 0 Å². The van der Waals surface area contributed by atoms with E-state index in [-0.39, 0.29) is 5.54 Å². The lowest BCUT2D eigenvalue weighted by Crippen LogP contribution is -2.36. The van der Waals surface area contributed by atoms with Crippen LogP contribution in [0.15, 0.2) is 4.99 Å². The van der Waals surface area contributed by atoms with Gasteiger partial charge in [-0.15, -0.1) is 0 Å². The highest BCUT2D eigenvalue weighted by atomic mass is 32.1. The number of isothiocyanates is 1. The van der Waals surface area contributed by atoms with Gasteiger partial charge in [0.25, 0.3) is 0 Å². The van der Waals surface area contributed by atoms with E-state index in [4.69, 9.17) is 12.2 Å². The van der Waals surface area contributed by atoms with E-state index in [1.807, 2.05) is 0 Å². The van der Waals surface area contributed by atoms with Crippen LogP contribution in [0.3, 0.4) is 0 Å². The number of rotatable bonds is 1. The molecule has 0 heterocycles. The van der Waals surface area contributed by atoms with Crippen molar-refractivity contribution in [2.45, 2.75) is 58.9 Å². The fourth-order valence-electron chi connectivity index (χ4n) is 5.53. The SMILES string of the molecule is C[C@H]1CC[C@H]2[C@H]1[C@@H]1[C@H](CC[C@]2(C)N=C=S)C1(C)C. The number of thiocarbonyl (C=S) groups is 1. The molecule has 3 rings (SSSR count). The number of nitrogens with zero attached hydrogens (tertiary/aromatic N) is 1. The van der Waals surface area contributed by atoms with E-state index in [2.05, 4.69) is 37.8 Å². The molecule has 3 fully saturated rings. The van der Waals surface area contributed by atoms with Crippen molar-refractivity contribution < 1.29 is 0 Å². The van der Waals surface area contributed by atoms with Crippen LogP contribution in [0.2, 0.25) is 0 Å². The van der Waals surface area contributed by atoms with Gasteiger partial charge in [-0.1, -0.05) is 27.2 Å². The van der Waals surface area contributed by atoms with Crippen LogP contribution in [0.1, 0.15) is 53.4 Å². The van der Waals surface area contributed by atoms with Crippen molar-refractivity contribution in [3.63, 3.8) is 0 Å². The normalized spacial score (nSPS) is 52.8. The molecular weight excluding hydrogens is 238 g/mol. The summed E-state index contributed by atoms with van der Waals surface area (Å²) in [6.45, 7) is 9.76. The second-order valence-corrected chi connectivity index (χ2v) is 7.97. The highest BCUT2D eigenvalue weighted by Crippen LogP contribution is 2.71. The van der Waals surface area contributed by atoms with Gasteiger partial charge in [0.2, 0.25) is 0 Å². The number of hydrogen-bond donors (Lipinski definition) is 0. The Bertz CT molecular complexity index is 409. The Hall–Kier alpha value is -0.200. The van der Waals surface area contributed by atoms with Gasteiger partial charge in [0.15, 0.2) is 0 Å². The Kier molecular flexibility index (Phi) is 2.78. The zero-order valence-electron chi connectivity index (χ0n) is 12.1. The Morgan fingerprint density at radius 2 is 1.83 bits per heavy atom. The molecule has 0 saturated heterocycles. The van der Waals surface area contributed by atoms with Crippen LogP contribution in [-0.2, 0) is 0 Å². The maximum Gasteiger partial charge on any atom is 0.0713 e. The van der Waals surface area contributed by atoms with Gasteiger partial charge >= 0.3 is 0 Å². The summed E-state index contributed by atoms with van der Waals surface area (Å²) >= 11 is 4.91. The third-order valence-electron chi connectivity index (χ3n) is 6.67. The molecule has 0 spiro atoms. The fourth-order valence-corrected chi connectivity index (χ4v) is 5.74. The number of aliphatic imine (C=N–C) groups is 1. The van der Waals surface area contributed by atoms with Crippen molar-refractivity contribution in [2.75, 3.05) is 0 Å². The van der Waals surface area contributed by atoms with Crippen molar-refractivity contribution in [1.29, 1.82) is 0 Å². The summed E-state index contributed by atoms with van der Waals surface area (Å²) in [4.78, 5) is 4.62. The van der Waals surface area contributed by atoms with Crippen LogP contribution < -0.4 is 0 Å². The smallest absolute Gasteiger partial charge is 0.0713 e. The van der Waals surface area contributed by atoms with Crippen molar-refractivity contribution in [1.82, 2.24) is 0 Å². The molecule has 6 atom stereocenters. The first-order chi connectivity index (χ1) is 8.42. The Morgan fingerprint density at radius 1 is 1.11 bits per heavy atom. The third kappa shape index (κ3) is 1.58. The van der Waals surface area contributed by atoms with Crippen LogP contribution in [0.25, 0.3) is 0 Å². The molecule has 3 aliphatic carbocycles. The molecule has 0 aromatic carbocycles. The second-order valence-electron chi connectivity index (χ2n) is 7.79. The lowest BCUT2D eigenvalue weighted by molar-refractivity contribution is 0.176. The molecule has 0 unspecified atom stereocenters. The first kappa shape index (κ1) is 12.8. The molecule has 100 valence electrons. The average Bonchev–Trinajstić information content (AvgIpc) is 2.65. The monoisotopic (exact) mass is 263 g/mol. The largest absolute Gasteiger partial charge is 0.226 e. The standard InChI is InChI=1S/C16H25NS/c1-10-5-6-11-13(10)14-12(15(14,2)3)7-8-16(11,4)17-9-18/h10-14H,5-8H2,1-4H3/t10-,11-,12-,13-,14-,16-/m0/s1. The van der Waals surface area contributed by atoms with E-state index in [9.17, 15) is 0 Å². The highest BCUT2D eigenvalue weighted by molar-refractivity contribution is 7.78. The maximum atomic E-state index is 4.91. The van der Waals surface area contributed by atoms with Gasteiger partial charge < -0.3 is 0 Å². The molecule has 0 radical (unpaired) electrons. The molecule has 0 N–H and O–H groups in total. The predicted octanol–water partition coefficient (Wildman–Crippen LogP) is 4.58. The molecule has 3 aliphatic rings. The van der Waals surface area contributed by atoms with Crippen LogP contribution in [0, 0.1) is 35.0 Å². The van der Waals surface area contributed by atoms with Gasteiger partial charge in [-0.2, -0.15) is 0 Å². The molecule has 2 heteroatoms. The van der Waals surface area contributed by atoms with Gasteiger partial charge in [0.05, 0.1) is 10.7 Å². The summed E-state index contributed by atoms with van der Waals surface area (Å²) in [5, 5.41) is 2.69. The summed E-state index contributed by atoms with van der Waals surface area (Å²) in [7, 11) is 0. The first-order valence-corrected chi connectivity index (χ1v) is 7.91. The molecule has 0 aromatic rings. The summed E-state index contributed by atoms with van der Waals surface area (Å²) in [6.07, 6.45) is 5.29. The second kappa shape index (κ2) is 3.90. The zero-order chi connectivity index (χ0) is 13.1. The van der Waals surface area contributed by atoms with E-state index < -0.39 is 0 Å². The molecule has 3 saturated carbocycles. The van der Waals surface area contributed by atoms with Gasteiger partial charge in [0.1, 0.15) is 0 Å². The van der Waals surface area contributed by atoms with Crippen molar-refractivity contribution in [3.8, 4) is 0 Å². The highest BCUT2D eigenvalue weighted by Gasteiger charge is 2.66. The van der Waals surface area contributed by atoms with Crippen molar-refractivity contribution in [3.05, 3.63) is 0 Å². The van der Waals surface area contributed by atoms with Gasteiger partial charge in [0, 0.05) is 0 Å². The van der Waals surface area contributed by atoms with Crippen LogP contribution in [-0.4, -0.2) is 10.7 Å². The van der Waals surface area contributed by atoms with E-state index >= 15 is 0 Å². The topological polar surface area (TPSA) is 12.4 Å². The lowest BCUT2D eigenvalue weighted by atomic mass is 9.73. The van der Waals surface area contributed by atoms with Gasteiger partial charge in [-0.05, 0) is 73.4 Å². The van der Waals surface area contributed by atoms with E-state index in [1.54, 1.807) is 0 Å². The Labute approximate surface area is 116 Å².